The summed E-state index contributed by atoms with van der Waals surface area (Å²) in [7, 11) is 1.58. The molecule has 0 atom stereocenters. The van der Waals surface area contributed by atoms with Gasteiger partial charge in [-0.15, -0.1) is 0 Å². The lowest BCUT2D eigenvalue weighted by Gasteiger charge is -2.05. The number of aromatic nitrogens is 3. The van der Waals surface area contributed by atoms with Gasteiger partial charge in [0.1, 0.15) is 5.82 Å². The zero-order chi connectivity index (χ0) is 11.7. The number of hydrogen-bond donors (Lipinski definition) is 1. The molecule has 0 amide bonds. The van der Waals surface area contributed by atoms with Crippen molar-refractivity contribution in [3.8, 4) is 5.82 Å². The minimum absolute atomic E-state index is 0.116. The van der Waals surface area contributed by atoms with Crippen LogP contribution < -0.4 is 16.9 Å². The van der Waals surface area contributed by atoms with Gasteiger partial charge in [-0.1, -0.05) is 0 Å². The Hall–Kier alpha value is -2.37. The first-order valence-electron chi connectivity index (χ1n) is 4.60. The van der Waals surface area contributed by atoms with Gasteiger partial charge in [0.2, 0.25) is 0 Å². The highest BCUT2D eigenvalue weighted by Gasteiger charge is 2.04. The number of pyridine rings is 1. The molecule has 6 nitrogen and oxygen atoms in total. The van der Waals surface area contributed by atoms with Gasteiger partial charge < -0.3 is 10.3 Å². The lowest BCUT2D eigenvalue weighted by Crippen LogP contribution is -2.24. The first kappa shape index (κ1) is 10.2. The predicted octanol–water partition coefficient (Wildman–Crippen LogP) is -0.487. The zero-order valence-electron chi connectivity index (χ0n) is 8.62. The van der Waals surface area contributed by atoms with Crippen LogP contribution in [0.2, 0.25) is 0 Å². The molecule has 6 heteroatoms. The highest BCUT2D eigenvalue weighted by atomic mass is 16.1. The summed E-state index contributed by atoms with van der Waals surface area (Å²) in [5.74, 6) is 0.264. The molecule has 0 aliphatic rings. The summed E-state index contributed by atoms with van der Waals surface area (Å²) in [5.41, 5.74) is 4.97. The van der Waals surface area contributed by atoms with Gasteiger partial charge in [0.05, 0.1) is 12.0 Å². The van der Waals surface area contributed by atoms with Crippen LogP contribution in [0.25, 0.3) is 5.82 Å². The second-order valence-electron chi connectivity index (χ2n) is 3.33. The van der Waals surface area contributed by atoms with Crippen LogP contribution in [0.1, 0.15) is 0 Å². The minimum Gasteiger partial charge on any atom is -0.394 e. The van der Waals surface area contributed by atoms with E-state index < -0.39 is 0 Å². The molecule has 16 heavy (non-hydrogen) atoms. The molecule has 0 unspecified atom stereocenters. The molecular weight excluding hydrogens is 208 g/mol. The third kappa shape index (κ3) is 1.60. The minimum atomic E-state index is -0.386. The van der Waals surface area contributed by atoms with Gasteiger partial charge in [-0.3, -0.25) is 14.2 Å². The number of anilines is 1. The van der Waals surface area contributed by atoms with Gasteiger partial charge in [-0.2, -0.15) is 0 Å². The first-order valence-corrected chi connectivity index (χ1v) is 4.60. The monoisotopic (exact) mass is 218 g/mol. The maximum atomic E-state index is 11.7. The Bertz CT molecular complexity index is 642. The molecule has 2 N–H and O–H groups in total. The van der Waals surface area contributed by atoms with Gasteiger partial charge in [-0.05, 0) is 12.1 Å². The van der Waals surface area contributed by atoms with Crippen LogP contribution in [0.3, 0.4) is 0 Å². The van der Waals surface area contributed by atoms with E-state index in [2.05, 4.69) is 4.98 Å². The van der Waals surface area contributed by atoms with E-state index in [1.54, 1.807) is 13.1 Å². The van der Waals surface area contributed by atoms with Crippen LogP contribution in [-0.2, 0) is 7.05 Å². The van der Waals surface area contributed by atoms with Gasteiger partial charge >= 0.3 is 0 Å². The van der Waals surface area contributed by atoms with Crippen molar-refractivity contribution in [1.29, 1.82) is 0 Å². The Balaban J connectivity index is 2.68. The van der Waals surface area contributed by atoms with Crippen molar-refractivity contribution < 1.29 is 0 Å². The van der Waals surface area contributed by atoms with Crippen molar-refractivity contribution in [1.82, 2.24) is 14.1 Å². The van der Waals surface area contributed by atoms with E-state index >= 15 is 0 Å². The molecule has 2 heterocycles. The summed E-state index contributed by atoms with van der Waals surface area (Å²) in [6.45, 7) is 0. The smallest absolute Gasteiger partial charge is 0.279 e. The highest BCUT2D eigenvalue weighted by molar-refractivity contribution is 5.37. The topological polar surface area (TPSA) is 82.9 Å². The number of aryl methyl sites for hydroxylation is 1. The lowest BCUT2D eigenvalue weighted by molar-refractivity contribution is 0.800. The average molecular weight is 218 g/mol. The Morgan fingerprint density at radius 3 is 2.81 bits per heavy atom. The van der Waals surface area contributed by atoms with Gasteiger partial charge in [0, 0.05) is 19.3 Å². The first-order chi connectivity index (χ1) is 7.59. The van der Waals surface area contributed by atoms with E-state index in [-0.39, 0.29) is 22.6 Å². The fourth-order valence-electron chi connectivity index (χ4n) is 1.28. The van der Waals surface area contributed by atoms with Crippen molar-refractivity contribution in [3.05, 3.63) is 51.4 Å². The number of nitrogens with zero attached hydrogens (tertiary/aromatic N) is 3. The van der Waals surface area contributed by atoms with Crippen molar-refractivity contribution in [2.45, 2.75) is 0 Å². The van der Waals surface area contributed by atoms with E-state index in [0.29, 0.717) is 0 Å². The van der Waals surface area contributed by atoms with E-state index in [0.717, 1.165) is 0 Å². The highest BCUT2D eigenvalue weighted by Crippen LogP contribution is 1.98. The second kappa shape index (κ2) is 3.65. The van der Waals surface area contributed by atoms with Crippen LogP contribution >= 0.6 is 0 Å². The summed E-state index contributed by atoms with van der Waals surface area (Å²) >= 11 is 0. The van der Waals surface area contributed by atoms with Crippen molar-refractivity contribution in [2.75, 3.05) is 5.73 Å². The molecule has 0 radical (unpaired) electrons. The fraction of sp³-hybridized carbons (Fsp3) is 0.100. The van der Waals surface area contributed by atoms with E-state index in [1.807, 2.05) is 0 Å². The van der Waals surface area contributed by atoms with Crippen molar-refractivity contribution in [2.24, 2.45) is 7.05 Å². The molecule has 0 saturated heterocycles. The maximum absolute atomic E-state index is 11.7. The van der Waals surface area contributed by atoms with Crippen LogP contribution in [-0.4, -0.2) is 14.1 Å². The zero-order valence-corrected chi connectivity index (χ0v) is 8.62. The molecule has 0 spiro atoms. The molecule has 82 valence electrons. The Morgan fingerprint density at radius 1 is 1.38 bits per heavy atom. The largest absolute Gasteiger partial charge is 0.394 e. The normalized spacial score (nSPS) is 10.3. The molecule has 2 aromatic heterocycles. The average Bonchev–Trinajstić information content (AvgIpc) is 2.26. The number of nitrogen functional groups attached to an aromatic ring is 1. The van der Waals surface area contributed by atoms with Crippen LogP contribution in [0.5, 0.6) is 0 Å². The number of hydrogen-bond acceptors (Lipinski definition) is 4. The molecular formula is C10H10N4O2. The van der Waals surface area contributed by atoms with E-state index in [9.17, 15) is 9.59 Å². The van der Waals surface area contributed by atoms with E-state index in [4.69, 9.17) is 5.73 Å². The molecule has 0 bridgehead atoms. The Labute approximate surface area is 90.6 Å². The molecule has 0 aliphatic carbocycles. The molecule has 2 rings (SSSR count). The summed E-state index contributed by atoms with van der Waals surface area (Å²) in [4.78, 5) is 27.0. The summed E-state index contributed by atoms with van der Waals surface area (Å²) in [6, 6.07) is 4.40. The predicted molar refractivity (Wildman–Crippen MR) is 59.5 cm³/mol. The standard InChI is InChI=1S/C10H10N4O2/c1-13-6-12-8(5-9(13)15)14-4-2-3-7(11)10(14)16/h2-6H,11H2,1H3. The van der Waals surface area contributed by atoms with Crippen LogP contribution in [0, 0.1) is 0 Å². The Morgan fingerprint density at radius 2 is 2.12 bits per heavy atom. The van der Waals surface area contributed by atoms with Gasteiger partial charge in [0.25, 0.3) is 11.1 Å². The maximum Gasteiger partial charge on any atom is 0.279 e. The van der Waals surface area contributed by atoms with Crippen LogP contribution in [0.15, 0.2) is 40.3 Å². The lowest BCUT2D eigenvalue weighted by atomic mass is 10.4. The summed E-state index contributed by atoms with van der Waals surface area (Å²) in [6.07, 6.45) is 2.87. The molecule has 2 aromatic rings. The number of rotatable bonds is 1. The molecule has 0 saturated carbocycles. The Kier molecular flexibility index (Phi) is 2.32. The fourth-order valence-corrected chi connectivity index (χ4v) is 1.28. The van der Waals surface area contributed by atoms with Gasteiger partial charge in [-0.25, -0.2) is 4.98 Å². The molecule has 0 fully saturated rings. The van der Waals surface area contributed by atoms with E-state index in [1.165, 1.54) is 33.8 Å². The second-order valence-corrected chi connectivity index (χ2v) is 3.33. The SMILES string of the molecule is Cn1cnc(-n2cccc(N)c2=O)cc1=O. The summed E-state index contributed by atoms with van der Waals surface area (Å²) in [5, 5.41) is 0. The third-order valence-corrected chi connectivity index (χ3v) is 2.19. The summed E-state index contributed by atoms with van der Waals surface area (Å²) < 4.78 is 2.55. The van der Waals surface area contributed by atoms with Gasteiger partial charge in [0.15, 0.2) is 0 Å². The van der Waals surface area contributed by atoms with Crippen molar-refractivity contribution in [3.63, 3.8) is 0 Å². The quantitative estimate of drug-likeness (QED) is 0.700. The third-order valence-electron chi connectivity index (χ3n) is 2.19. The van der Waals surface area contributed by atoms with Crippen LogP contribution in [0.4, 0.5) is 5.69 Å². The number of nitrogens with two attached hydrogens (primary N) is 1. The molecule has 0 aromatic carbocycles. The molecule has 0 aliphatic heterocycles. The van der Waals surface area contributed by atoms with Crippen molar-refractivity contribution >= 4 is 5.69 Å².